The first-order valence-electron chi connectivity index (χ1n) is 9.51. The zero-order valence-corrected chi connectivity index (χ0v) is 16.7. The Morgan fingerprint density at radius 2 is 1.54 bits per heavy atom. The maximum absolute atomic E-state index is 12.1. The number of hydrazine groups is 1. The van der Waals surface area contributed by atoms with Crippen LogP contribution in [-0.4, -0.2) is 25.0 Å². The average molecular weight is 384 g/mol. The minimum atomic E-state index is -0.441. The molecule has 2 N–H and O–H groups in total. The molecular weight excluding hydrogens is 356 g/mol. The first-order chi connectivity index (χ1) is 13.5. The molecule has 2 aromatic carbocycles. The zero-order chi connectivity index (χ0) is 20.4. The van der Waals surface area contributed by atoms with Gasteiger partial charge in [0.1, 0.15) is 11.5 Å². The van der Waals surface area contributed by atoms with Crippen molar-refractivity contribution in [3.05, 3.63) is 59.2 Å². The highest BCUT2D eigenvalue weighted by Gasteiger charge is 2.08. The van der Waals surface area contributed by atoms with Gasteiger partial charge in [-0.2, -0.15) is 0 Å². The van der Waals surface area contributed by atoms with E-state index in [0.29, 0.717) is 17.9 Å². The Labute approximate surface area is 166 Å². The van der Waals surface area contributed by atoms with Gasteiger partial charge < -0.3 is 9.47 Å². The van der Waals surface area contributed by atoms with Crippen molar-refractivity contribution in [1.82, 2.24) is 10.9 Å². The summed E-state index contributed by atoms with van der Waals surface area (Å²) in [6.07, 6.45) is 3.28. The molecule has 0 saturated carbocycles. The molecule has 2 aromatic rings. The molecule has 0 fully saturated rings. The van der Waals surface area contributed by atoms with Crippen molar-refractivity contribution >= 4 is 11.8 Å². The van der Waals surface area contributed by atoms with Gasteiger partial charge in [0.2, 0.25) is 0 Å². The van der Waals surface area contributed by atoms with Gasteiger partial charge in [-0.3, -0.25) is 20.4 Å². The van der Waals surface area contributed by atoms with Crippen molar-refractivity contribution in [3.63, 3.8) is 0 Å². The zero-order valence-electron chi connectivity index (χ0n) is 16.7. The summed E-state index contributed by atoms with van der Waals surface area (Å²) in [6.45, 7) is 6.54. The molecule has 2 amide bonds. The van der Waals surface area contributed by atoms with Crippen LogP contribution < -0.4 is 20.3 Å². The lowest BCUT2D eigenvalue weighted by atomic mass is 10.1. The maximum Gasteiger partial charge on any atom is 0.276 e. The molecule has 0 spiro atoms. The summed E-state index contributed by atoms with van der Waals surface area (Å²) in [5.41, 5.74) is 7.27. The topological polar surface area (TPSA) is 76.7 Å². The number of benzene rings is 2. The van der Waals surface area contributed by atoms with Crippen molar-refractivity contribution in [2.75, 3.05) is 13.2 Å². The largest absolute Gasteiger partial charge is 0.494 e. The molecule has 0 heterocycles. The van der Waals surface area contributed by atoms with E-state index in [9.17, 15) is 9.59 Å². The monoisotopic (exact) mass is 384 g/mol. The highest BCUT2D eigenvalue weighted by molar-refractivity contribution is 5.95. The van der Waals surface area contributed by atoms with E-state index in [-0.39, 0.29) is 6.61 Å². The van der Waals surface area contributed by atoms with Gasteiger partial charge in [0, 0.05) is 5.56 Å². The third kappa shape index (κ3) is 7.31. The second-order valence-electron chi connectivity index (χ2n) is 6.69. The molecule has 2 rings (SSSR count). The van der Waals surface area contributed by atoms with Crippen LogP contribution in [0.15, 0.2) is 42.5 Å². The highest BCUT2D eigenvalue weighted by atomic mass is 16.5. The lowest BCUT2D eigenvalue weighted by Crippen LogP contribution is -2.43. The van der Waals surface area contributed by atoms with Crippen molar-refractivity contribution in [2.24, 2.45) is 0 Å². The summed E-state index contributed by atoms with van der Waals surface area (Å²) >= 11 is 0. The second kappa shape index (κ2) is 11.0. The van der Waals surface area contributed by atoms with E-state index in [1.54, 1.807) is 24.3 Å². The predicted octanol–water partition coefficient (Wildman–Crippen LogP) is 3.71. The van der Waals surface area contributed by atoms with Crippen molar-refractivity contribution < 1.29 is 19.1 Å². The Balaban J connectivity index is 1.74. The van der Waals surface area contributed by atoms with Crippen LogP contribution in [0.3, 0.4) is 0 Å². The van der Waals surface area contributed by atoms with Crippen molar-refractivity contribution in [3.8, 4) is 11.5 Å². The van der Waals surface area contributed by atoms with E-state index in [2.05, 4.69) is 17.8 Å². The van der Waals surface area contributed by atoms with E-state index in [4.69, 9.17) is 9.47 Å². The van der Waals surface area contributed by atoms with E-state index < -0.39 is 11.8 Å². The fraction of sp³-hybridized carbons (Fsp3) is 0.364. The number of carbonyl (C=O) groups is 2. The second-order valence-corrected chi connectivity index (χ2v) is 6.69. The molecule has 28 heavy (non-hydrogen) atoms. The predicted molar refractivity (Wildman–Crippen MR) is 108 cm³/mol. The highest BCUT2D eigenvalue weighted by Crippen LogP contribution is 2.16. The molecule has 0 aliphatic rings. The molecule has 0 aliphatic heterocycles. The number of amides is 2. The minimum Gasteiger partial charge on any atom is -0.494 e. The first-order valence-corrected chi connectivity index (χ1v) is 9.51. The third-order valence-electron chi connectivity index (χ3n) is 4.01. The molecule has 0 saturated heterocycles. The van der Waals surface area contributed by atoms with Gasteiger partial charge in [-0.25, -0.2) is 0 Å². The number of hydrogen-bond acceptors (Lipinski definition) is 4. The quantitative estimate of drug-likeness (QED) is 0.510. The van der Waals surface area contributed by atoms with Gasteiger partial charge in [0.25, 0.3) is 11.8 Å². The number of ether oxygens (including phenoxy) is 2. The number of carbonyl (C=O) groups excluding carboxylic acids is 2. The van der Waals surface area contributed by atoms with Gasteiger partial charge in [0.05, 0.1) is 6.61 Å². The Hall–Kier alpha value is -3.02. The molecule has 150 valence electrons. The van der Waals surface area contributed by atoms with Crippen LogP contribution in [0.2, 0.25) is 0 Å². The van der Waals surface area contributed by atoms with Gasteiger partial charge in [-0.1, -0.05) is 25.8 Å². The molecule has 0 aromatic heterocycles. The van der Waals surface area contributed by atoms with Crippen molar-refractivity contribution in [1.29, 1.82) is 0 Å². The fourth-order valence-corrected chi connectivity index (χ4v) is 2.64. The lowest BCUT2D eigenvalue weighted by Gasteiger charge is -2.10. The molecule has 0 unspecified atom stereocenters. The summed E-state index contributed by atoms with van der Waals surface area (Å²) in [7, 11) is 0. The van der Waals surface area contributed by atoms with Gasteiger partial charge in [0.15, 0.2) is 6.61 Å². The Morgan fingerprint density at radius 1 is 0.857 bits per heavy atom. The Kier molecular flexibility index (Phi) is 8.34. The van der Waals surface area contributed by atoms with Crippen LogP contribution in [0.25, 0.3) is 0 Å². The molecule has 6 heteroatoms. The van der Waals surface area contributed by atoms with Crippen molar-refractivity contribution in [2.45, 2.75) is 40.0 Å². The van der Waals surface area contributed by atoms with Crippen LogP contribution in [0.1, 0.15) is 47.7 Å². The standard InChI is InChI=1S/C22H28N2O4/c1-4-5-6-11-27-19-9-7-18(8-10-19)22(26)24-23-21(25)15-28-20-13-16(2)12-17(3)14-20/h7-10,12-14H,4-6,11,15H2,1-3H3,(H,23,25)(H,24,26). The summed E-state index contributed by atoms with van der Waals surface area (Å²) in [5, 5.41) is 0. The van der Waals surface area contributed by atoms with E-state index in [1.807, 2.05) is 32.0 Å². The Bertz CT molecular complexity index is 767. The van der Waals surface area contributed by atoms with Crippen LogP contribution in [0.4, 0.5) is 0 Å². The molecule has 0 atom stereocenters. The van der Waals surface area contributed by atoms with E-state index in [1.165, 1.54) is 0 Å². The summed E-state index contributed by atoms with van der Waals surface area (Å²) < 4.78 is 11.1. The molecule has 6 nitrogen and oxygen atoms in total. The molecule has 0 bridgehead atoms. The molecular formula is C22H28N2O4. The number of hydrogen-bond donors (Lipinski definition) is 2. The maximum atomic E-state index is 12.1. The average Bonchev–Trinajstić information content (AvgIpc) is 2.67. The van der Waals surface area contributed by atoms with Gasteiger partial charge >= 0.3 is 0 Å². The number of nitrogens with one attached hydrogen (secondary N) is 2. The van der Waals surface area contributed by atoms with Gasteiger partial charge in [-0.05, 0) is 67.8 Å². The first kappa shape index (κ1) is 21.3. The van der Waals surface area contributed by atoms with Crippen LogP contribution >= 0.6 is 0 Å². The smallest absolute Gasteiger partial charge is 0.276 e. The third-order valence-corrected chi connectivity index (χ3v) is 4.01. The molecule has 0 radical (unpaired) electrons. The van der Waals surface area contributed by atoms with Crippen LogP contribution in [-0.2, 0) is 4.79 Å². The normalized spacial score (nSPS) is 10.2. The van der Waals surface area contributed by atoms with E-state index in [0.717, 1.165) is 36.1 Å². The number of unbranched alkanes of at least 4 members (excludes halogenated alkanes) is 2. The summed E-state index contributed by atoms with van der Waals surface area (Å²) in [5.74, 6) is 0.493. The van der Waals surface area contributed by atoms with Gasteiger partial charge in [-0.15, -0.1) is 0 Å². The minimum absolute atomic E-state index is 0.187. The van der Waals surface area contributed by atoms with Crippen LogP contribution in [0, 0.1) is 13.8 Å². The van der Waals surface area contributed by atoms with E-state index >= 15 is 0 Å². The summed E-state index contributed by atoms with van der Waals surface area (Å²) in [6, 6.07) is 12.5. The number of aryl methyl sites for hydroxylation is 2. The number of rotatable bonds is 9. The lowest BCUT2D eigenvalue weighted by molar-refractivity contribution is -0.123. The SMILES string of the molecule is CCCCCOc1ccc(C(=O)NNC(=O)COc2cc(C)cc(C)c2)cc1. The summed E-state index contributed by atoms with van der Waals surface area (Å²) in [4.78, 5) is 24.0. The fourth-order valence-electron chi connectivity index (χ4n) is 2.64. The Morgan fingerprint density at radius 3 is 2.18 bits per heavy atom. The molecule has 0 aliphatic carbocycles. The van der Waals surface area contributed by atoms with Crippen LogP contribution in [0.5, 0.6) is 11.5 Å².